The highest BCUT2D eigenvalue weighted by atomic mass is 16.4. The number of aliphatic hydroxyl groups is 1. The fourth-order valence-corrected chi connectivity index (χ4v) is 1.28. The molecule has 2 N–H and O–H groups in total. The minimum Gasteiger partial charge on any atom is -0.481 e. The number of aliphatic hydroxyl groups excluding tert-OH is 1. The van der Waals surface area contributed by atoms with Crippen molar-refractivity contribution in [3.05, 3.63) is 12.4 Å². The van der Waals surface area contributed by atoms with E-state index in [1.54, 1.807) is 0 Å². The van der Waals surface area contributed by atoms with Gasteiger partial charge >= 0.3 is 0 Å². The molecular formula is C12H26N2O3. The Morgan fingerprint density at radius 1 is 1.35 bits per heavy atom. The van der Waals surface area contributed by atoms with E-state index in [9.17, 15) is 0 Å². The van der Waals surface area contributed by atoms with Gasteiger partial charge in [-0.2, -0.15) is 0 Å². The number of carbonyl (C=O) groups is 1. The van der Waals surface area contributed by atoms with Crippen LogP contribution in [-0.2, 0) is 4.79 Å². The maximum Gasteiger partial charge on any atom is 0.300 e. The Balaban J connectivity index is 0. The van der Waals surface area contributed by atoms with Crippen LogP contribution < -0.4 is 0 Å². The van der Waals surface area contributed by atoms with Crippen LogP contribution in [-0.4, -0.2) is 52.9 Å². The molecule has 1 atom stereocenters. The molecule has 0 bridgehead atoms. The van der Waals surface area contributed by atoms with Gasteiger partial charge in [0, 0.05) is 40.0 Å². The third-order valence-corrected chi connectivity index (χ3v) is 2.33. The predicted molar refractivity (Wildman–Crippen MR) is 69.4 cm³/mol. The van der Waals surface area contributed by atoms with Crippen molar-refractivity contribution < 1.29 is 15.0 Å². The molecule has 0 aliphatic carbocycles. The topological polar surface area (TPSA) is 64.0 Å². The average Bonchev–Trinajstić information content (AvgIpc) is 2.59. The maximum atomic E-state index is 9.00. The highest BCUT2D eigenvalue weighted by Crippen LogP contribution is 2.13. The number of carboxylic acid groups (broad SMARTS) is 1. The fourth-order valence-electron chi connectivity index (χ4n) is 1.28. The summed E-state index contributed by atoms with van der Waals surface area (Å²) in [5, 5.41) is 14.4. The van der Waals surface area contributed by atoms with E-state index in [4.69, 9.17) is 15.0 Å². The number of nitrogens with zero attached hydrogens (tertiary/aromatic N) is 2. The second kappa shape index (κ2) is 11.3. The van der Waals surface area contributed by atoms with Crippen LogP contribution in [0.4, 0.5) is 0 Å². The maximum absolute atomic E-state index is 9.00. The van der Waals surface area contributed by atoms with Gasteiger partial charge in [-0.3, -0.25) is 4.79 Å². The number of rotatable bonds is 3. The second-order valence-corrected chi connectivity index (χ2v) is 3.71. The number of aliphatic carboxylic acids is 1. The highest BCUT2D eigenvalue weighted by molar-refractivity contribution is 5.62. The Bertz CT molecular complexity index is 216. The highest BCUT2D eigenvalue weighted by Gasteiger charge is 2.16. The molecule has 1 unspecified atom stereocenters. The molecule has 102 valence electrons. The molecule has 5 heteroatoms. The van der Waals surface area contributed by atoms with Crippen LogP contribution in [0.25, 0.3) is 0 Å². The number of hydrogen-bond donors (Lipinski definition) is 2. The van der Waals surface area contributed by atoms with Gasteiger partial charge < -0.3 is 20.0 Å². The number of hydrogen-bond acceptors (Lipinski definition) is 4. The Morgan fingerprint density at radius 2 is 1.82 bits per heavy atom. The summed E-state index contributed by atoms with van der Waals surface area (Å²) in [5.41, 5.74) is 0. The van der Waals surface area contributed by atoms with Gasteiger partial charge in [0.05, 0.1) is 6.17 Å². The summed E-state index contributed by atoms with van der Waals surface area (Å²) in [6.07, 6.45) is 7.45. The molecule has 1 heterocycles. The summed E-state index contributed by atoms with van der Waals surface area (Å²) in [5.74, 6) is -0.833. The average molecular weight is 246 g/mol. The zero-order chi connectivity index (χ0) is 13.8. The summed E-state index contributed by atoms with van der Waals surface area (Å²) >= 11 is 0. The standard InChI is InChI=1S/C9H18N2.C2H4O2.CH4O/c1-4-5-6-11-8-7-10(3)9(11)2;1-2(3)4;1-2/h7-9H,4-6H2,1-3H3;1H3,(H,3,4);2H,1H3. The van der Waals surface area contributed by atoms with Crippen molar-refractivity contribution in [1.29, 1.82) is 0 Å². The van der Waals surface area contributed by atoms with Crippen LogP contribution in [0.15, 0.2) is 12.4 Å². The third-order valence-electron chi connectivity index (χ3n) is 2.33. The summed E-state index contributed by atoms with van der Waals surface area (Å²) < 4.78 is 0. The Hall–Kier alpha value is -1.23. The Labute approximate surface area is 104 Å². The zero-order valence-corrected chi connectivity index (χ0v) is 11.6. The van der Waals surface area contributed by atoms with Gasteiger partial charge in [0.1, 0.15) is 0 Å². The van der Waals surface area contributed by atoms with Gasteiger partial charge in [0.15, 0.2) is 0 Å². The summed E-state index contributed by atoms with van der Waals surface area (Å²) in [6.45, 7) is 6.74. The van der Waals surface area contributed by atoms with E-state index < -0.39 is 5.97 Å². The van der Waals surface area contributed by atoms with E-state index in [1.807, 2.05) is 0 Å². The van der Waals surface area contributed by atoms with Gasteiger partial charge in [-0.15, -0.1) is 0 Å². The number of carboxylic acids is 1. The lowest BCUT2D eigenvalue weighted by atomic mass is 10.3. The van der Waals surface area contributed by atoms with Gasteiger partial charge in [-0.05, 0) is 13.3 Å². The van der Waals surface area contributed by atoms with E-state index in [0.717, 1.165) is 14.0 Å². The first-order valence-corrected chi connectivity index (χ1v) is 5.79. The van der Waals surface area contributed by atoms with Gasteiger partial charge in [0.25, 0.3) is 5.97 Å². The minimum atomic E-state index is -0.833. The Morgan fingerprint density at radius 3 is 2.12 bits per heavy atom. The molecular weight excluding hydrogens is 220 g/mol. The van der Waals surface area contributed by atoms with Crippen molar-refractivity contribution in [2.24, 2.45) is 0 Å². The summed E-state index contributed by atoms with van der Waals surface area (Å²) in [4.78, 5) is 13.6. The van der Waals surface area contributed by atoms with Gasteiger partial charge in [-0.25, -0.2) is 0 Å². The quantitative estimate of drug-likeness (QED) is 0.791. The van der Waals surface area contributed by atoms with Crippen molar-refractivity contribution in [2.45, 2.75) is 39.8 Å². The van der Waals surface area contributed by atoms with E-state index in [0.29, 0.717) is 6.17 Å². The molecule has 0 aromatic heterocycles. The first-order chi connectivity index (χ1) is 7.99. The molecule has 1 aliphatic rings. The fraction of sp³-hybridized carbons (Fsp3) is 0.750. The monoisotopic (exact) mass is 246 g/mol. The lowest BCUT2D eigenvalue weighted by Gasteiger charge is -2.26. The van der Waals surface area contributed by atoms with E-state index >= 15 is 0 Å². The zero-order valence-electron chi connectivity index (χ0n) is 11.6. The summed E-state index contributed by atoms with van der Waals surface area (Å²) in [6, 6.07) is 0. The van der Waals surface area contributed by atoms with Crippen molar-refractivity contribution >= 4 is 5.97 Å². The molecule has 1 rings (SSSR count). The van der Waals surface area contributed by atoms with E-state index in [-0.39, 0.29) is 0 Å². The van der Waals surface area contributed by atoms with Gasteiger partial charge in [-0.1, -0.05) is 13.3 Å². The van der Waals surface area contributed by atoms with Crippen LogP contribution >= 0.6 is 0 Å². The molecule has 0 saturated heterocycles. The van der Waals surface area contributed by atoms with Crippen LogP contribution in [0.3, 0.4) is 0 Å². The normalized spacial score (nSPS) is 16.9. The molecule has 1 aliphatic heterocycles. The molecule has 0 spiro atoms. The van der Waals surface area contributed by atoms with Crippen LogP contribution in [0, 0.1) is 0 Å². The van der Waals surface area contributed by atoms with E-state index in [1.165, 1.54) is 19.4 Å². The number of unbranched alkanes of at least 4 members (excludes halogenated alkanes) is 1. The Kier molecular flexibility index (Phi) is 12.0. The predicted octanol–water partition coefficient (Wildman–Crippen LogP) is 1.55. The van der Waals surface area contributed by atoms with Crippen molar-refractivity contribution in [2.75, 3.05) is 20.7 Å². The molecule has 0 amide bonds. The minimum absolute atomic E-state index is 0.557. The lowest BCUT2D eigenvalue weighted by Crippen LogP contribution is -2.33. The first kappa shape index (κ1) is 18.1. The largest absolute Gasteiger partial charge is 0.481 e. The molecule has 0 fully saturated rings. The van der Waals surface area contributed by atoms with E-state index in [2.05, 4.69) is 43.1 Å². The van der Waals surface area contributed by atoms with Crippen molar-refractivity contribution in [3.63, 3.8) is 0 Å². The molecule has 0 aromatic carbocycles. The van der Waals surface area contributed by atoms with Crippen LogP contribution in [0.5, 0.6) is 0 Å². The molecule has 5 nitrogen and oxygen atoms in total. The van der Waals surface area contributed by atoms with Crippen LogP contribution in [0.2, 0.25) is 0 Å². The first-order valence-electron chi connectivity index (χ1n) is 5.79. The van der Waals surface area contributed by atoms with Crippen molar-refractivity contribution in [1.82, 2.24) is 9.80 Å². The van der Waals surface area contributed by atoms with Crippen molar-refractivity contribution in [3.8, 4) is 0 Å². The van der Waals surface area contributed by atoms with Gasteiger partial charge in [0.2, 0.25) is 0 Å². The second-order valence-electron chi connectivity index (χ2n) is 3.71. The lowest BCUT2D eigenvalue weighted by molar-refractivity contribution is -0.134. The molecule has 0 aromatic rings. The third kappa shape index (κ3) is 9.68. The van der Waals surface area contributed by atoms with Crippen LogP contribution in [0.1, 0.15) is 33.6 Å². The SMILES string of the molecule is CC(=O)O.CCCCN1C=CN(C)C1C.CO. The molecule has 17 heavy (non-hydrogen) atoms. The summed E-state index contributed by atoms with van der Waals surface area (Å²) in [7, 11) is 3.12. The molecule has 0 radical (unpaired) electrons. The molecule has 0 saturated carbocycles. The smallest absolute Gasteiger partial charge is 0.300 e.